The van der Waals surface area contributed by atoms with Crippen LogP contribution in [-0.2, 0) is 11.3 Å². The molecule has 1 saturated heterocycles. The largest absolute Gasteiger partial charge is 0.348 e. The van der Waals surface area contributed by atoms with Gasteiger partial charge in [-0.1, -0.05) is 0 Å². The van der Waals surface area contributed by atoms with Gasteiger partial charge in [0, 0.05) is 5.38 Å². The molecule has 2 aliphatic rings. The molecule has 0 aromatic carbocycles. The molecule has 1 saturated carbocycles. The van der Waals surface area contributed by atoms with Gasteiger partial charge in [0.25, 0.3) is 11.8 Å². The predicted molar refractivity (Wildman–Crippen MR) is 90.4 cm³/mol. The number of amides is 4. The molecule has 4 amide bonds. The van der Waals surface area contributed by atoms with Gasteiger partial charge in [0.15, 0.2) is 5.69 Å². The number of carbonyl (C=O) groups excluding carboxylic acids is 3. The Kier molecular flexibility index (Phi) is 3.94. The van der Waals surface area contributed by atoms with Gasteiger partial charge in [-0.25, -0.2) is 9.78 Å². The van der Waals surface area contributed by atoms with Crippen molar-refractivity contribution in [3.05, 3.63) is 28.0 Å². The average Bonchev–Trinajstić information content (AvgIpc) is 3.10. The number of imide groups is 1. The number of aryl methyl sites for hydroxylation is 1. The number of hydrogen-bond acceptors (Lipinski definition) is 7. The Labute approximate surface area is 152 Å². The summed E-state index contributed by atoms with van der Waals surface area (Å²) in [4.78, 5) is 41.8. The zero-order valence-electron chi connectivity index (χ0n) is 14.0. The molecule has 0 bridgehead atoms. The third-order valence-electron chi connectivity index (χ3n) is 4.51. The molecule has 11 heteroatoms. The van der Waals surface area contributed by atoms with Crippen molar-refractivity contribution in [1.29, 1.82) is 0 Å². The van der Waals surface area contributed by atoms with Crippen LogP contribution in [-0.4, -0.2) is 49.9 Å². The molecule has 3 N–H and O–H groups in total. The van der Waals surface area contributed by atoms with Gasteiger partial charge in [-0.05, 0) is 25.7 Å². The molecule has 1 aliphatic heterocycles. The first kappa shape index (κ1) is 16.6. The first-order chi connectivity index (χ1) is 12.5. The van der Waals surface area contributed by atoms with Crippen molar-refractivity contribution in [1.82, 2.24) is 35.9 Å². The van der Waals surface area contributed by atoms with Crippen molar-refractivity contribution in [3.8, 4) is 0 Å². The molecule has 26 heavy (non-hydrogen) atoms. The van der Waals surface area contributed by atoms with Crippen LogP contribution >= 0.6 is 11.3 Å². The first-order valence-electron chi connectivity index (χ1n) is 8.19. The van der Waals surface area contributed by atoms with E-state index in [1.54, 1.807) is 0 Å². The van der Waals surface area contributed by atoms with Crippen LogP contribution in [0.15, 0.2) is 11.6 Å². The minimum atomic E-state index is -1.07. The quantitative estimate of drug-likeness (QED) is 0.600. The summed E-state index contributed by atoms with van der Waals surface area (Å²) < 4.78 is 0. The third kappa shape index (κ3) is 3.05. The van der Waals surface area contributed by atoms with E-state index < -0.39 is 23.4 Å². The minimum Gasteiger partial charge on any atom is -0.348 e. The second-order valence-corrected chi connectivity index (χ2v) is 7.52. The summed E-state index contributed by atoms with van der Waals surface area (Å²) in [7, 11) is 0. The number of thiazole rings is 1. The van der Waals surface area contributed by atoms with E-state index in [1.807, 2.05) is 12.3 Å². The first-order valence-corrected chi connectivity index (χ1v) is 9.07. The zero-order chi connectivity index (χ0) is 18.3. The minimum absolute atomic E-state index is 0.0201. The highest BCUT2D eigenvalue weighted by atomic mass is 32.1. The van der Waals surface area contributed by atoms with Gasteiger partial charge < -0.3 is 10.6 Å². The van der Waals surface area contributed by atoms with E-state index in [1.165, 1.54) is 22.3 Å². The van der Waals surface area contributed by atoms with E-state index >= 15 is 0 Å². The fraction of sp³-hybridized carbons (Fsp3) is 0.467. The molecule has 2 aromatic heterocycles. The lowest BCUT2D eigenvalue weighted by molar-refractivity contribution is -0.124. The van der Waals surface area contributed by atoms with Crippen LogP contribution in [0.3, 0.4) is 0 Å². The van der Waals surface area contributed by atoms with Crippen LogP contribution < -0.4 is 16.0 Å². The molecule has 2 fully saturated rings. The van der Waals surface area contributed by atoms with E-state index in [0.29, 0.717) is 6.54 Å². The second kappa shape index (κ2) is 6.16. The van der Waals surface area contributed by atoms with Crippen LogP contribution in [0.1, 0.15) is 34.0 Å². The van der Waals surface area contributed by atoms with Crippen molar-refractivity contribution in [3.63, 3.8) is 0 Å². The molecule has 10 nitrogen and oxygen atoms in total. The molecule has 0 radical (unpaired) electrons. The smallest absolute Gasteiger partial charge is 0.322 e. The number of urea groups is 1. The lowest BCUT2D eigenvalue weighted by atomic mass is 9.93. The summed E-state index contributed by atoms with van der Waals surface area (Å²) in [6.07, 6.45) is 3.05. The maximum atomic E-state index is 12.4. The number of nitrogens with zero attached hydrogens (tertiary/aromatic N) is 4. The van der Waals surface area contributed by atoms with Crippen molar-refractivity contribution in [2.75, 3.05) is 6.54 Å². The number of rotatable bonds is 6. The maximum absolute atomic E-state index is 12.4. The van der Waals surface area contributed by atoms with Gasteiger partial charge in [0.05, 0.1) is 23.4 Å². The Hall–Kier alpha value is -2.82. The third-order valence-corrected chi connectivity index (χ3v) is 5.33. The Balaban J connectivity index is 1.40. The summed E-state index contributed by atoms with van der Waals surface area (Å²) in [5.74, 6) is -0.801. The highest BCUT2D eigenvalue weighted by molar-refractivity contribution is 7.09. The normalized spacial score (nSPS) is 22.2. The molecule has 3 heterocycles. The van der Waals surface area contributed by atoms with E-state index in [4.69, 9.17) is 0 Å². The topological polar surface area (TPSA) is 131 Å². The summed E-state index contributed by atoms with van der Waals surface area (Å²) >= 11 is 1.54. The van der Waals surface area contributed by atoms with Gasteiger partial charge >= 0.3 is 6.03 Å². The molecule has 4 rings (SSSR count). The zero-order valence-corrected chi connectivity index (χ0v) is 14.8. The van der Waals surface area contributed by atoms with Crippen molar-refractivity contribution >= 4 is 29.2 Å². The molecule has 1 atom stereocenters. The van der Waals surface area contributed by atoms with Gasteiger partial charge in [-0.2, -0.15) is 9.90 Å². The maximum Gasteiger partial charge on any atom is 0.322 e. The highest BCUT2D eigenvalue weighted by Gasteiger charge is 2.56. The van der Waals surface area contributed by atoms with Crippen LogP contribution in [0.25, 0.3) is 0 Å². The van der Waals surface area contributed by atoms with E-state index in [9.17, 15) is 14.4 Å². The predicted octanol–water partition coefficient (Wildman–Crippen LogP) is -0.191. The molecule has 2 aromatic rings. The van der Waals surface area contributed by atoms with Crippen molar-refractivity contribution in [2.24, 2.45) is 5.92 Å². The fourth-order valence-electron chi connectivity index (χ4n) is 3.05. The number of aromatic nitrogens is 4. The Bertz CT molecular complexity index is 887. The lowest BCUT2D eigenvalue weighted by Crippen LogP contribution is -2.57. The molecular formula is C15H17N7O3S. The van der Waals surface area contributed by atoms with Crippen molar-refractivity contribution in [2.45, 2.75) is 31.8 Å². The van der Waals surface area contributed by atoms with Crippen molar-refractivity contribution < 1.29 is 14.4 Å². The van der Waals surface area contributed by atoms with Crippen LogP contribution in [0.2, 0.25) is 0 Å². The Morgan fingerprint density at radius 3 is 2.88 bits per heavy atom. The van der Waals surface area contributed by atoms with Crippen LogP contribution in [0.5, 0.6) is 0 Å². The average molecular weight is 375 g/mol. The summed E-state index contributed by atoms with van der Waals surface area (Å²) in [6, 6.07) is -0.527. The van der Waals surface area contributed by atoms with Crippen LogP contribution in [0.4, 0.5) is 4.79 Å². The van der Waals surface area contributed by atoms with Gasteiger partial charge in [-0.3, -0.25) is 14.9 Å². The van der Waals surface area contributed by atoms with Gasteiger partial charge in [0.2, 0.25) is 0 Å². The summed E-state index contributed by atoms with van der Waals surface area (Å²) in [5.41, 5.74) is -0.0957. The van der Waals surface area contributed by atoms with E-state index in [0.717, 1.165) is 23.5 Å². The molecule has 0 spiro atoms. The molecular weight excluding hydrogens is 358 g/mol. The number of nitrogens with one attached hydrogen (secondary N) is 3. The van der Waals surface area contributed by atoms with E-state index in [2.05, 4.69) is 31.1 Å². The summed E-state index contributed by atoms with van der Waals surface area (Å²) in [6.45, 7) is 2.31. The number of hydrogen-bond donors (Lipinski definition) is 3. The summed E-state index contributed by atoms with van der Waals surface area (Å²) in [5, 5.41) is 18.7. The van der Waals surface area contributed by atoms with Crippen LogP contribution in [0, 0.1) is 12.8 Å². The molecule has 1 aliphatic carbocycles. The molecule has 136 valence electrons. The van der Waals surface area contributed by atoms with E-state index in [-0.39, 0.29) is 18.2 Å². The molecule has 0 unspecified atom stereocenters. The fourth-order valence-corrected chi connectivity index (χ4v) is 3.66. The van der Waals surface area contributed by atoms with Gasteiger partial charge in [-0.15, -0.1) is 16.4 Å². The van der Waals surface area contributed by atoms with Gasteiger partial charge in [0.1, 0.15) is 12.1 Å². The number of carbonyl (C=O) groups is 3. The Morgan fingerprint density at radius 1 is 1.46 bits per heavy atom. The lowest BCUT2D eigenvalue weighted by Gasteiger charge is -2.25. The second-order valence-electron chi connectivity index (χ2n) is 6.45. The SMILES string of the molecule is Cc1nc(Cn2ncc(C(=O)NC[C@@]3(C4CC4)NC(=O)NC3=O)n2)cs1. The highest BCUT2D eigenvalue weighted by Crippen LogP contribution is 2.41. The monoisotopic (exact) mass is 375 g/mol. The Morgan fingerprint density at radius 2 is 2.27 bits per heavy atom. The standard InChI is InChI=1S/C15H17N7O3S/c1-8-18-10(6-26-8)5-22-17-4-11(21-22)12(23)16-7-15(9-2-3-9)13(24)19-14(25)20-15/h4,6,9H,2-3,5,7H2,1H3,(H,16,23)(H2,19,20,24,25)/t15-/m0/s1.